The van der Waals surface area contributed by atoms with E-state index in [1.165, 1.54) is 20.7 Å². The van der Waals surface area contributed by atoms with Gasteiger partial charge in [-0.2, -0.15) is 5.26 Å². The first-order valence-electron chi connectivity index (χ1n) is 16.0. The Morgan fingerprint density at radius 2 is 1.00 bits per heavy atom. The Morgan fingerprint density at radius 3 is 1.50 bits per heavy atom. The van der Waals surface area contributed by atoms with Crippen LogP contribution in [0.5, 0.6) is 0 Å². The highest BCUT2D eigenvalue weighted by molar-refractivity contribution is 7.20. The van der Waals surface area contributed by atoms with E-state index >= 15 is 0 Å². The van der Waals surface area contributed by atoms with Gasteiger partial charge in [0.05, 0.1) is 29.2 Å². The summed E-state index contributed by atoms with van der Waals surface area (Å²) >= 11 is 0. The van der Waals surface area contributed by atoms with Gasteiger partial charge in [-0.25, -0.2) is 4.85 Å². The molecule has 8 aromatic rings. The number of hydrogen-bond acceptors (Lipinski definition) is 1. The van der Waals surface area contributed by atoms with Gasteiger partial charge in [0.15, 0.2) is 13.8 Å². The zero-order chi connectivity index (χ0) is 32.5. The smallest absolute Gasteiger partial charge is 0.190 e. The van der Waals surface area contributed by atoms with Crippen molar-refractivity contribution in [2.45, 2.75) is 0 Å². The van der Waals surface area contributed by atoms with Crippen molar-refractivity contribution in [2.75, 3.05) is 0 Å². The molecule has 0 fully saturated rings. The molecule has 48 heavy (non-hydrogen) atoms. The van der Waals surface area contributed by atoms with Crippen LogP contribution in [0.1, 0.15) is 5.56 Å². The first kappa shape index (κ1) is 29.0. The highest BCUT2D eigenvalue weighted by atomic mass is 28.3. The second-order valence-corrected chi connectivity index (χ2v) is 15.6. The molecule has 4 heteroatoms. The second kappa shape index (κ2) is 12.0. The van der Waals surface area contributed by atoms with Crippen LogP contribution in [0.25, 0.3) is 43.5 Å². The lowest BCUT2D eigenvalue weighted by Gasteiger charge is -2.36. The van der Waals surface area contributed by atoms with Crippen LogP contribution in [-0.2, 0) is 0 Å². The van der Waals surface area contributed by atoms with Crippen molar-refractivity contribution >= 4 is 56.3 Å². The van der Waals surface area contributed by atoms with Crippen LogP contribution in [0.2, 0.25) is 0 Å². The van der Waals surface area contributed by atoms with Gasteiger partial charge in [0.2, 0.25) is 0 Å². The zero-order valence-corrected chi connectivity index (χ0v) is 27.1. The summed E-state index contributed by atoms with van der Waals surface area (Å²) in [5.41, 5.74) is 5.61. The average molecular weight is 628 g/mol. The van der Waals surface area contributed by atoms with Crippen molar-refractivity contribution in [3.63, 3.8) is 0 Å². The number of benzene rings is 7. The van der Waals surface area contributed by atoms with Crippen molar-refractivity contribution in [1.29, 1.82) is 5.26 Å². The Balaban J connectivity index is 1.56. The van der Waals surface area contributed by atoms with E-state index in [0.717, 1.165) is 38.6 Å². The molecule has 0 bridgehead atoms. The molecular weight excluding hydrogens is 599 g/mol. The molecule has 0 aliphatic rings. The molecule has 224 valence electrons. The normalized spacial score (nSPS) is 11.3. The van der Waals surface area contributed by atoms with Crippen LogP contribution in [-0.4, -0.2) is 12.6 Å². The number of aromatic nitrogens is 1. The lowest BCUT2D eigenvalue weighted by atomic mass is 9.96. The van der Waals surface area contributed by atoms with Gasteiger partial charge >= 0.3 is 0 Å². The van der Waals surface area contributed by atoms with Gasteiger partial charge in [0.25, 0.3) is 0 Å². The predicted octanol–water partition coefficient (Wildman–Crippen LogP) is 8.25. The summed E-state index contributed by atoms with van der Waals surface area (Å²) in [6.07, 6.45) is 0. The fraction of sp³-hybridized carbons (Fsp3) is 0. The summed E-state index contributed by atoms with van der Waals surface area (Å²) in [7, 11) is -2.98. The van der Waals surface area contributed by atoms with E-state index in [-0.39, 0.29) is 0 Å². The lowest BCUT2D eigenvalue weighted by Crippen LogP contribution is -2.75. The standard InChI is InChI=1S/C44H29N3Si/c1-46-33-29-32(31-45)44(42(30-33)47-40-26-14-11-23-37(40)38-24-12-15-27-41(38)47)39-25-13-16-28-43(39)48(34-17-5-2-6-18-34,35-19-7-3-8-20-35)36-21-9-4-10-22-36/h2-30H. The minimum absolute atomic E-state index is 0.433. The maximum Gasteiger partial charge on any atom is 0.190 e. The van der Waals surface area contributed by atoms with Crippen LogP contribution in [0.3, 0.4) is 0 Å². The summed E-state index contributed by atoms with van der Waals surface area (Å²) < 4.78 is 2.24. The van der Waals surface area contributed by atoms with Crippen LogP contribution in [0.15, 0.2) is 176 Å². The number of fused-ring (bicyclic) bond motifs is 3. The van der Waals surface area contributed by atoms with E-state index in [2.05, 4.69) is 167 Å². The highest BCUT2D eigenvalue weighted by Gasteiger charge is 2.43. The van der Waals surface area contributed by atoms with Crippen molar-refractivity contribution < 1.29 is 0 Å². The van der Waals surface area contributed by atoms with Gasteiger partial charge in [0, 0.05) is 22.0 Å². The average Bonchev–Trinajstić information content (AvgIpc) is 3.50. The number of nitrogens with zero attached hydrogens (tertiary/aromatic N) is 3. The Morgan fingerprint density at radius 1 is 0.542 bits per heavy atom. The molecule has 1 heterocycles. The first-order valence-corrected chi connectivity index (χ1v) is 18.0. The number of para-hydroxylation sites is 2. The molecule has 1 aromatic heterocycles. The molecule has 0 saturated carbocycles. The molecule has 0 aliphatic carbocycles. The summed E-state index contributed by atoms with van der Waals surface area (Å²) in [6.45, 7) is 8.03. The Hall–Kier alpha value is -6.46. The van der Waals surface area contributed by atoms with E-state index in [0.29, 0.717) is 11.3 Å². The third-order valence-electron chi connectivity index (χ3n) is 9.39. The van der Waals surface area contributed by atoms with Gasteiger partial charge in [-0.15, -0.1) is 0 Å². The van der Waals surface area contributed by atoms with Crippen molar-refractivity contribution in [1.82, 2.24) is 4.57 Å². The monoisotopic (exact) mass is 627 g/mol. The second-order valence-electron chi connectivity index (χ2n) is 11.9. The number of rotatable bonds is 6. The molecular formula is C44H29N3Si. The molecule has 0 spiro atoms. The summed E-state index contributed by atoms with van der Waals surface area (Å²) in [4.78, 5) is 3.85. The molecule has 0 amide bonds. The van der Waals surface area contributed by atoms with E-state index in [1.807, 2.05) is 18.2 Å². The van der Waals surface area contributed by atoms with E-state index < -0.39 is 8.07 Å². The van der Waals surface area contributed by atoms with E-state index in [1.54, 1.807) is 6.07 Å². The van der Waals surface area contributed by atoms with Crippen LogP contribution >= 0.6 is 0 Å². The molecule has 0 atom stereocenters. The van der Waals surface area contributed by atoms with Crippen molar-refractivity contribution in [3.8, 4) is 22.9 Å². The molecule has 7 aromatic carbocycles. The third-order valence-corrected chi connectivity index (χ3v) is 14.2. The Kier molecular flexibility index (Phi) is 7.27. The fourth-order valence-corrected chi connectivity index (χ4v) is 12.4. The Labute approximate surface area is 281 Å². The highest BCUT2D eigenvalue weighted by Crippen LogP contribution is 2.40. The minimum atomic E-state index is -2.98. The fourth-order valence-electron chi connectivity index (χ4n) is 7.47. The predicted molar refractivity (Wildman–Crippen MR) is 201 cm³/mol. The molecule has 3 nitrogen and oxygen atoms in total. The largest absolute Gasteiger partial charge is 0.310 e. The summed E-state index contributed by atoms with van der Waals surface area (Å²) in [5, 5.41) is 18.0. The van der Waals surface area contributed by atoms with Gasteiger partial charge in [-0.1, -0.05) is 152 Å². The van der Waals surface area contributed by atoms with E-state index in [9.17, 15) is 5.26 Å². The summed E-state index contributed by atoms with van der Waals surface area (Å²) in [5.74, 6) is 0. The third kappa shape index (κ3) is 4.48. The van der Waals surface area contributed by atoms with Gasteiger partial charge in [-0.3, -0.25) is 0 Å². The summed E-state index contributed by atoms with van der Waals surface area (Å²) in [6, 6.07) is 64.1. The molecule has 0 unspecified atom stereocenters. The van der Waals surface area contributed by atoms with Crippen LogP contribution in [0, 0.1) is 17.9 Å². The quantitative estimate of drug-likeness (QED) is 0.104. The molecule has 0 N–H and O–H groups in total. The lowest BCUT2D eigenvalue weighted by molar-refractivity contribution is 1.18. The van der Waals surface area contributed by atoms with Gasteiger partial charge < -0.3 is 4.57 Å². The SMILES string of the molecule is [C-]#[N+]c1cc(C#N)c(-c2ccccc2[Si](c2ccccc2)(c2ccccc2)c2ccccc2)c(-n2c3ccccc3c3ccccc32)c1. The molecule has 0 aliphatic heterocycles. The Bertz CT molecular complexity index is 2370. The van der Waals surface area contributed by atoms with Crippen molar-refractivity contribution in [2.24, 2.45) is 0 Å². The number of hydrogen-bond donors (Lipinski definition) is 0. The van der Waals surface area contributed by atoms with Crippen molar-refractivity contribution in [3.05, 3.63) is 193 Å². The zero-order valence-electron chi connectivity index (χ0n) is 26.1. The van der Waals surface area contributed by atoms with E-state index in [4.69, 9.17) is 6.57 Å². The van der Waals surface area contributed by atoms with Crippen LogP contribution in [0.4, 0.5) is 5.69 Å². The molecule has 0 saturated heterocycles. The van der Waals surface area contributed by atoms with Gasteiger partial charge in [0.1, 0.15) is 0 Å². The minimum Gasteiger partial charge on any atom is -0.310 e. The molecule has 8 rings (SSSR count). The molecule has 0 radical (unpaired) electrons. The maximum atomic E-state index is 10.8. The first-order chi connectivity index (χ1) is 23.8. The topological polar surface area (TPSA) is 33.1 Å². The number of nitriles is 1. The van der Waals surface area contributed by atoms with Gasteiger partial charge in [-0.05, 0) is 50.6 Å². The maximum absolute atomic E-state index is 10.8. The van der Waals surface area contributed by atoms with Crippen LogP contribution < -0.4 is 20.7 Å².